The van der Waals surface area contributed by atoms with Gasteiger partial charge in [-0.05, 0) is 0 Å². The molecule has 0 radical (unpaired) electrons. The Kier molecular flexibility index (Phi) is 6.56. The molecule has 0 aliphatic carbocycles. The third kappa shape index (κ3) is 3.93. The molecular weight excluding hydrogens is 124 g/mol. The summed E-state index contributed by atoms with van der Waals surface area (Å²) in [5.74, 6) is 1.18. The van der Waals surface area contributed by atoms with Gasteiger partial charge >= 0.3 is 0 Å². The Morgan fingerprint density at radius 3 is 1.75 bits per heavy atom. The zero-order valence-corrected chi connectivity index (χ0v) is 6.58. The summed E-state index contributed by atoms with van der Waals surface area (Å²) in [4.78, 5) is 0. The molecule has 0 aliphatic heterocycles. The van der Waals surface area contributed by atoms with Crippen LogP contribution < -0.4 is 17.7 Å². The predicted octanol–water partition coefficient (Wildman–Crippen LogP) is -3.10. The molecule has 1 N–H and O–H groups in total. The van der Waals surface area contributed by atoms with Gasteiger partial charge in [-0.2, -0.15) is 0 Å². The monoisotopic (exact) mass is 136 g/mol. The second-order valence-corrected chi connectivity index (χ2v) is 1.73. The molecule has 8 heavy (non-hydrogen) atoms. The Bertz CT molecular complexity index is 84.4. The summed E-state index contributed by atoms with van der Waals surface area (Å²) in [7, 11) is 5.92. The van der Waals surface area contributed by atoms with E-state index in [9.17, 15) is 0 Å². The van der Waals surface area contributed by atoms with Gasteiger partial charge in [0.25, 0.3) is 0 Å². The highest BCUT2D eigenvalue weighted by Gasteiger charge is 1.88. The van der Waals surface area contributed by atoms with Gasteiger partial charge < -0.3 is 12.4 Å². The van der Waals surface area contributed by atoms with Crippen molar-refractivity contribution >= 4 is 5.84 Å². The van der Waals surface area contributed by atoms with Crippen LogP contribution in [0.3, 0.4) is 0 Å². The predicted molar refractivity (Wildman–Crippen MR) is 31.8 cm³/mol. The molecule has 0 heterocycles. The van der Waals surface area contributed by atoms with Crippen molar-refractivity contribution in [3.8, 4) is 0 Å². The molecule has 0 aromatic rings. The fourth-order valence-corrected chi connectivity index (χ4v) is 0.224. The topological polar surface area (TPSA) is 15.0 Å². The van der Waals surface area contributed by atoms with Crippen LogP contribution in [0.2, 0.25) is 0 Å². The lowest BCUT2D eigenvalue weighted by atomic mass is 10.6. The highest BCUT2D eigenvalue weighted by Crippen LogP contribution is 1.60. The van der Waals surface area contributed by atoms with Crippen molar-refractivity contribution in [2.75, 3.05) is 21.1 Å². The fourth-order valence-electron chi connectivity index (χ4n) is 0.224. The molecule has 0 aliphatic rings. The zero-order chi connectivity index (χ0) is 5.86. The van der Waals surface area contributed by atoms with E-state index in [0.29, 0.717) is 0 Å². The summed E-state index contributed by atoms with van der Waals surface area (Å²) < 4.78 is 2.03. The van der Waals surface area contributed by atoms with E-state index in [1.807, 2.05) is 32.6 Å². The minimum Gasteiger partial charge on any atom is -1.00 e. The third-order valence-electron chi connectivity index (χ3n) is 1.03. The lowest BCUT2D eigenvalue weighted by Gasteiger charge is -1.92. The van der Waals surface area contributed by atoms with Crippen LogP contribution in [0.1, 0.15) is 6.92 Å². The Labute approximate surface area is 57.0 Å². The zero-order valence-electron chi connectivity index (χ0n) is 5.83. The second kappa shape index (κ2) is 4.91. The van der Waals surface area contributed by atoms with Crippen molar-refractivity contribution in [3.05, 3.63) is 0 Å². The normalized spacial score (nSPS) is 7.00. The lowest BCUT2D eigenvalue weighted by molar-refractivity contribution is -0.467. The molecule has 0 atom stereocenters. The first-order valence-corrected chi connectivity index (χ1v) is 2.37. The summed E-state index contributed by atoms with van der Waals surface area (Å²) in [5, 5.41) is 3.01. The molecule has 0 rings (SSSR count). The standard InChI is InChI=1S/C5H12N2.ClH/c1-5(6-2)7(3)4;/h1-4H3;1H. The van der Waals surface area contributed by atoms with E-state index in [-0.39, 0.29) is 12.4 Å². The van der Waals surface area contributed by atoms with Crippen LogP contribution >= 0.6 is 0 Å². The minimum absolute atomic E-state index is 0. The largest absolute Gasteiger partial charge is 1.00 e. The number of nitrogens with one attached hydrogen (secondary N) is 1. The average molecular weight is 137 g/mol. The molecule has 50 valence electrons. The van der Waals surface area contributed by atoms with Crippen molar-refractivity contribution < 1.29 is 17.0 Å². The Morgan fingerprint density at radius 2 is 1.75 bits per heavy atom. The van der Waals surface area contributed by atoms with Gasteiger partial charge in [0.05, 0.1) is 21.1 Å². The molecule has 2 nitrogen and oxygen atoms in total. The number of nitrogens with zero attached hydrogens (tertiary/aromatic N) is 1. The van der Waals surface area contributed by atoms with Gasteiger partial charge in [0, 0.05) is 6.92 Å². The maximum atomic E-state index is 3.01. The van der Waals surface area contributed by atoms with E-state index in [1.165, 1.54) is 5.84 Å². The minimum atomic E-state index is 0. The van der Waals surface area contributed by atoms with Crippen LogP contribution in [0.15, 0.2) is 0 Å². The smallest absolute Gasteiger partial charge is 0.240 e. The van der Waals surface area contributed by atoms with Crippen molar-refractivity contribution in [2.24, 2.45) is 0 Å². The second-order valence-electron chi connectivity index (χ2n) is 1.73. The number of rotatable bonds is 0. The van der Waals surface area contributed by atoms with Gasteiger partial charge in [-0.1, -0.05) is 0 Å². The van der Waals surface area contributed by atoms with E-state index in [2.05, 4.69) is 5.32 Å². The van der Waals surface area contributed by atoms with Crippen molar-refractivity contribution in [3.63, 3.8) is 0 Å². The van der Waals surface area contributed by atoms with Gasteiger partial charge in [-0.25, -0.2) is 0 Å². The summed E-state index contributed by atoms with van der Waals surface area (Å²) in [6.45, 7) is 2.03. The van der Waals surface area contributed by atoms with Crippen molar-refractivity contribution in [2.45, 2.75) is 6.92 Å². The molecule has 0 unspecified atom stereocenters. The number of hydrogen-bond acceptors (Lipinski definition) is 0. The molecule has 0 aromatic carbocycles. The van der Waals surface area contributed by atoms with Crippen molar-refractivity contribution in [1.82, 2.24) is 5.32 Å². The average Bonchev–Trinajstić information content (AvgIpc) is 1.65. The van der Waals surface area contributed by atoms with Crippen LogP contribution in [0.25, 0.3) is 0 Å². The van der Waals surface area contributed by atoms with E-state index in [4.69, 9.17) is 0 Å². The first-order chi connectivity index (χ1) is 3.18. The quantitative estimate of drug-likeness (QED) is 0.212. The van der Waals surface area contributed by atoms with Gasteiger partial charge in [0.15, 0.2) is 0 Å². The van der Waals surface area contributed by atoms with Crippen LogP contribution in [-0.2, 0) is 0 Å². The Morgan fingerprint density at radius 1 is 1.38 bits per heavy atom. The van der Waals surface area contributed by atoms with E-state index in [1.54, 1.807) is 0 Å². The van der Waals surface area contributed by atoms with Crippen LogP contribution in [0.4, 0.5) is 0 Å². The molecule has 0 amide bonds. The molecule has 0 saturated carbocycles. The summed E-state index contributed by atoms with van der Waals surface area (Å²) in [6, 6.07) is 0. The maximum Gasteiger partial charge on any atom is 0.240 e. The fraction of sp³-hybridized carbons (Fsp3) is 0.800. The third-order valence-corrected chi connectivity index (χ3v) is 1.03. The SMILES string of the molecule is CNC(C)=[N+](C)C.[Cl-]. The number of amidine groups is 1. The molecular formula is C5H13ClN2. The molecule has 0 fully saturated rings. The molecule has 3 heteroatoms. The highest BCUT2D eigenvalue weighted by atomic mass is 35.5. The molecule has 0 aromatic heterocycles. The Balaban J connectivity index is 0. The summed E-state index contributed by atoms with van der Waals surface area (Å²) in [5.41, 5.74) is 0. The first kappa shape index (κ1) is 10.7. The van der Waals surface area contributed by atoms with E-state index < -0.39 is 0 Å². The van der Waals surface area contributed by atoms with Gasteiger partial charge in [-0.3, -0.25) is 9.89 Å². The van der Waals surface area contributed by atoms with Crippen LogP contribution in [-0.4, -0.2) is 31.6 Å². The Hall–Kier alpha value is -0.240. The summed E-state index contributed by atoms with van der Waals surface area (Å²) >= 11 is 0. The van der Waals surface area contributed by atoms with Crippen molar-refractivity contribution in [1.29, 1.82) is 0 Å². The van der Waals surface area contributed by atoms with Gasteiger partial charge in [0.1, 0.15) is 0 Å². The van der Waals surface area contributed by atoms with E-state index in [0.717, 1.165) is 0 Å². The summed E-state index contributed by atoms with van der Waals surface area (Å²) in [6.07, 6.45) is 0. The highest BCUT2D eigenvalue weighted by molar-refractivity contribution is 5.73. The lowest BCUT2D eigenvalue weighted by Crippen LogP contribution is -3.00. The van der Waals surface area contributed by atoms with Crippen LogP contribution in [0.5, 0.6) is 0 Å². The number of halogens is 1. The molecule has 0 bridgehead atoms. The molecule has 0 saturated heterocycles. The van der Waals surface area contributed by atoms with Gasteiger partial charge in [-0.15, -0.1) is 0 Å². The van der Waals surface area contributed by atoms with Crippen LogP contribution in [0, 0.1) is 0 Å². The van der Waals surface area contributed by atoms with Gasteiger partial charge in [0.2, 0.25) is 5.84 Å². The first-order valence-electron chi connectivity index (χ1n) is 2.37. The molecule has 0 spiro atoms. The van der Waals surface area contributed by atoms with E-state index >= 15 is 0 Å². The number of hydrogen-bond donors (Lipinski definition) is 1. The maximum absolute atomic E-state index is 3.01.